The third-order valence-corrected chi connectivity index (χ3v) is 3.47. The van der Waals surface area contributed by atoms with E-state index < -0.39 is 0 Å². The fourth-order valence-electron chi connectivity index (χ4n) is 1.61. The summed E-state index contributed by atoms with van der Waals surface area (Å²) in [6.45, 7) is 4.74. The number of pyridine rings is 1. The Bertz CT molecular complexity index is 589. The smallest absolute Gasteiger partial charge is 0.213 e. The second-order valence-electron chi connectivity index (χ2n) is 3.89. The van der Waals surface area contributed by atoms with Crippen molar-refractivity contribution in [2.45, 2.75) is 13.8 Å². The van der Waals surface area contributed by atoms with E-state index in [4.69, 9.17) is 4.74 Å². The van der Waals surface area contributed by atoms with Gasteiger partial charge in [0.2, 0.25) is 5.88 Å². The van der Waals surface area contributed by atoms with Gasteiger partial charge in [-0.2, -0.15) is 0 Å². The molecule has 6 heteroatoms. The van der Waals surface area contributed by atoms with Crippen LogP contribution >= 0.6 is 15.9 Å². The van der Waals surface area contributed by atoms with Crippen LogP contribution in [0.5, 0.6) is 5.88 Å². The zero-order chi connectivity index (χ0) is 13.8. The van der Waals surface area contributed by atoms with Crippen LogP contribution in [0.15, 0.2) is 22.7 Å². The summed E-state index contributed by atoms with van der Waals surface area (Å²) in [6, 6.07) is 5.52. The summed E-state index contributed by atoms with van der Waals surface area (Å²) in [4.78, 5) is 13.3. The third kappa shape index (κ3) is 3.01. The summed E-state index contributed by atoms with van der Waals surface area (Å²) in [5, 5.41) is 3.20. The van der Waals surface area contributed by atoms with Crippen LogP contribution in [0.25, 0.3) is 11.5 Å². The molecule has 0 saturated heterocycles. The molecule has 0 aliphatic rings. The highest BCUT2D eigenvalue weighted by atomic mass is 79.9. The molecule has 0 atom stereocenters. The first-order chi connectivity index (χ1) is 9.15. The van der Waals surface area contributed by atoms with E-state index in [9.17, 15) is 0 Å². The lowest BCUT2D eigenvalue weighted by atomic mass is 10.3. The Labute approximate surface area is 120 Å². The Morgan fingerprint density at radius 2 is 2.05 bits per heavy atom. The molecule has 2 aromatic heterocycles. The van der Waals surface area contributed by atoms with Gasteiger partial charge in [-0.15, -0.1) is 0 Å². The molecular weight excluding hydrogens is 308 g/mol. The van der Waals surface area contributed by atoms with Crippen molar-refractivity contribution >= 4 is 21.7 Å². The van der Waals surface area contributed by atoms with Gasteiger partial charge in [0.05, 0.1) is 17.3 Å². The molecule has 0 spiro atoms. The van der Waals surface area contributed by atoms with Crippen molar-refractivity contribution in [1.29, 1.82) is 0 Å². The van der Waals surface area contributed by atoms with Gasteiger partial charge in [-0.1, -0.05) is 6.07 Å². The van der Waals surface area contributed by atoms with Crippen molar-refractivity contribution in [3.05, 3.63) is 28.4 Å². The van der Waals surface area contributed by atoms with Crippen LogP contribution in [0, 0.1) is 6.92 Å². The molecule has 2 aromatic rings. The van der Waals surface area contributed by atoms with Crippen LogP contribution in [0.4, 0.5) is 5.82 Å². The van der Waals surface area contributed by atoms with E-state index in [1.54, 1.807) is 13.2 Å². The number of aromatic nitrogens is 3. The number of hydrogen-bond donors (Lipinski definition) is 1. The molecule has 2 rings (SSSR count). The van der Waals surface area contributed by atoms with Crippen molar-refractivity contribution < 1.29 is 4.74 Å². The Morgan fingerprint density at radius 3 is 2.74 bits per heavy atom. The van der Waals surface area contributed by atoms with Crippen LogP contribution in [0.3, 0.4) is 0 Å². The normalized spacial score (nSPS) is 10.3. The SMILES string of the molecule is CCNc1nc(-c2cccc(OC)n2)nc(C)c1Br. The molecule has 0 amide bonds. The minimum atomic E-state index is 0.548. The van der Waals surface area contributed by atoms with Gasteiger partial charge in [-0.05, 0) is 35.8 Å². The maximum Gasteiger partial charge on any atom is 0.213 e. The van der Waals surface area contributed by atoms with E-state index in [1.807, 2.05) is 26.0 Å². The molecule has 0 saturated carbocycles. The van der Waals surface area contributed by atoms with Gasteiger partial charge in [0, 0.05) is 12.6 Å². The zero-order valence-corrected chi connectivity index (χ0v) is 12.7. The summed E-state index contributed by atoms with van der Waals surface area (Å²) >= 11 is 3.48. The standard InChI is InChI=1S/C13H15BrN4O/c1-4-15-13-11(14)8(2)16-12(18-13)9-6-5-7-10(17-9)19-3/h5-7H,4H2,1-3H3,(H,15,16,18). The zero-order valence-electron chi connectivity index (χ0n) is 11.1. The predicted molar refractivity (Wildman–Crippen MR) is 78.4 cm³/mol. The van der Waals surface area contributed by atoms with Crippen molar-refractivity contribution in [3.8, 4) is 17.4 Å². The number of hydrogen-bond acceptors (Lipinski definition) is 5. The maximum atomic E-state index is 5.12. The van der Waals surface area contributed by atoms with Gasteiger partial charge in [-0.25, -0.2) is 15.0 Å². The lowest BCUT2D eigenvalue weighted by Crippen LogP contribution is -2.05. The highest BCUT2D eigenvalue weighted by Crippen LogP contribution is 2.26. The summed E-state index contributed by atoms with van der Waals surface area (Å²) in [6.07, 6.45) is 0. The average molecular weight is 323 g/mol. The van der Waals surface area contributed by atoms with E-state index in [2.05, 4.69) is 36.2 Å². The van der Waals surface area contributed by atoms with Crippen molar-refractivity contribution in [2.24, 2.45) is 0 Å². The molecular formula is C13H15BrN4O. The van der Waals surface area contributed by atoms with Gasteiger partial charge in [0.15, 0.2) is 5.82 Å². The van der Waals surface area contributed by atoms with Crippen LogP contribution < -0.4 is 10.1 Å². The van der Waals surface area contributed by atoms with Crippen molar-refractivity contribution in [1.82, 2.24) is 15.0 Å². The van der Waals surface area contributed by atoms with Crippen LogP contribution in [0.2, 0.25) is 0 Å². The summed E-state index contributed by atoms with van der Waals surface area (Å²) < 4.78 is 5.99. The predicted octanol–water partition coefficient (Wildman–Crippen LogP) is 3.05. The lowest BCUT2D eigenvalue weighted by Gasteiger charge is -2.10. The first-order valence-electron chi connectivity index (χ1n) is 5.95. The number of nitrogens with zero attached hydrogens (tertiary/aromatic N) is 3. The molecule has 100 valence electrons. The van der Waals surface area contributed by atoms with Crippen molar-refractivity contribution in [2.75, 3.05) is 19.0 Å². The molecule has 5 nitrogen and oxygen atoms in total. The van der Waals surface area contributed by atoms with Gasteiger partial charge in [-0.3, -0.25) is 0 Å². The molecule has 0 bridgehead atoms. The first kappa shape index (κ1) is 13.7. The van der Waals surface area contributed by atoms with Gasteiger partial charge in [0.25, 0.3) is 0 Å². The average Bonchev–Trinajstić information content (AvgIpc) is 2.44. The number of rotatable bonds is 4. The number of halogens is 1. The Morgan fingerprint density at radius 1 is 1.26 bits per heavy atom. The monoisotopic (exact) mass is 322 g/mol. The summed E-state index contributed by atoms with van der Waals surface area (Å²) in [7, 11) is 1.59. The number of ether oxygens (including phenoxy) is 1. The Hall–Kier alpha value is -1.69. The van der Waals surface area contributed by atoms with E-state index >= 15 is 0 Å². The van der Waals surface area contributed by atoms with E-state index in [0.29, 0.717) is 17.4 Å². The lowest BCUT2D eigenvalue weighted by molar-refractivity contribution is 0.398. The van der Waals surface area contributed by atoms with Gasteiger partial charge in [0.1, 0.15) is 11.5 Å². The van der Waals surface area contributed by atoms with Crippen LogP contribution in [-0.2, 0) is 0 Å². The first-order valence-corrected chi connectivity index (χ1v) is 6.74. The molecule has 2 heterocycles. The third-order valence-electron chi connectivity index (χ3n) is 2.52. The van der Waals surface area contributed by atoms with E-state index in [1.165, 1.54) is 0 Å². The Balaban J connectivity index is 2.49. The molecule has 0 radical (unpaired) electrons. The minimum absolute atomic E-state index is 0.548. The molecule has 0 aliphatic heterocycles. The summed E-state index contributed by atoms with van der Waals surface area (Å²) in [5.41, 5.74) is 1.56. The summed E-state index contributed by atoms with van der Waals surface area (Å²) in [5.74, 6) is 1.90. The van der Waals surface area contributed by atoms with Gasteiger partial charge < -0.3 is 10.1 Å². The Kier molecular flexibility index (Phi) is 4.31. The molecule has 0 fully saturated rings. The van der Waals surface area contributed by atoms with E-state index in [0.717, 1.165) is 22.5 Å². The fourth-order valence-corrected chi connectivity index (χ4v) is 1.93. The van der Waals surface area contributed by atoms with Crippen LogP contribution in [0.1, 0.15) is 12.6 Å². The molecule has 0 unspecified atom stereocenters. The fraction of sp³-hybridized carbons (Fsp3) is 0.308. The van der Waals surface area contributed by atoms with Gasteiger partial charge >= 0.3 is 0 Å². The number of nitrogens with one attached hydrogen (secondary N) is 1. The molecule has 0 aliphatic carbocycles. The largest absolute Gasteiger partial charge is 0.481 e. The maximum absolute atomic E-state index is 5.12. The number of methoxy groups -OCH3 is 1. The second kappa shape index (κ2) is 5.97. The van der Waals surface area contributed by atoms with Crippen molar-refractivity contribution in [3.63, 3.8) is 0 Å². The van der Waals surface area contributed by atoms with Crippen LogP contribution in [-0.4, -0.2) is 28.6 Å². The molecule has 19 heavy (non-hydrogen) atoms. The number of aryl methyl sites for hydroxylation is 1. The highest BCUT2D eigenvalue weighted by molar-refractivity contribution is 9.10. The minimum Gasteiger partial charge on any atom is -0.481 e. The number of anilines is 1. The molecule has 1 N–H and O–H groups in total. The molecule has 0 aromatic carbocycles. The second-order valence-corrected chi connectivity index (χ2v) is 4.68. The highest BCUT2D eigenvalue weighted by Gasteiger charge is 2.11. The van der Waals surface area contributed by atoms with E-state index in [-0.39, 0.29) is 0 Å². The topological polar surface area (TPSA) is 59.9 Å². The quantitative estimate of drug-likeness (QED) is 0.937.